The fraction of sp³-hybridized carbons (Fsp3) is 0.211. The van der Waals surface area contributed by atoms with E-state index in [1.165, 1.54) is 4.90 Å². The summed E-state index contributed by atoms with van der Waals surface area (Å²) < 4.78 is 7.64. The molecule has 0 unspecified atom stereocenters. The van der Waals surface area contributed by atoms with Gasteiger partial charge in [-0.15, -0.1) is 22.0 Å². The minimum atomic E-state index is 0.311. The lowest BCUT2D eigenvalue weighted by molar-refractivity contribution is 0.289. The van der Waals surface area contributed by atoms with Crippen LogP contribution < -0.4 is 4.74 Å². The van der Waals surface area contributed by atoms with Gasteiger partial charge in [0.25, 0.3) is 0 Å². The van der Waals surface area contributed by atoms with Gasteiger partial charge in [-0.1, -0.05) is 42.4 Å². The molecule has 27 heavy (non-hydrogen) atoms. The third kappa shape index (κ3) is 4.31. The zero-order chi connectivity index (χ0) is 18.6. The molecule has 1 aliphatic rings. The van der Waals surface area contributed by atoms with E-state index in [0.29, 0.717) is 17.5 Å². The monoisotopic (exact) mass is 416 g/mol. The van der Waals surface area contributed by atoms with E-state index in [0.717, 1.165) is 33.7 Å². The van der Waals surface area contributed by atoms with E-state index in [-0.39, 0.29) is 0 Å². The van der Waals surface area contributed by atoms with Crippen LogP contribution in [-0.4, -0.2) is 32.1 Å². The molecular weight excluding hydrogens is 400 g/mol. The van der Waals surface area contributed by atoms with E-state index in [4.69, 9.17) is 21.4 Å². The van der Waals surface area contributed by atoms with Crippen molar-refractivity contribution in [1.82, 2.24) is 14.9 Å². The first kappa shape index (κ1) is 18.4. The molecule has 0 atom stereocenters. The Hall–Kier alpha value is -1.96. The largest absolute Gasteiger partial charge is 0.486 e. The molecule has 0 saturated heterocycles. The Morgan fingerprint density at radius 2 is 1.89 bits per heavy atom. The second kappa shape index (κ2) is 8.37. The molecule has 0 fully saturated rings. The SMILES string of the molecule is CCSc1ccc(OCc2nnc3n2N=C(c2ccc(Cl)cc2)CS3)cc1. The second-order valence-electron chi connectivity index (χ2n) is 5.75. The van der Waals surface area contributed by atoms with Crippen molar-refractivity contribution < 1.29 is 4.74 Å². The third-order valence-corrected chi connectivity index (χ3v) is 5.99. The van der Waals surface area contributed by atoms with Gasteiger partial charge in [0.1, 0.15) is 12.4 Å². The van der Waals surface area contributed by atoms with Crippen molar-refractivity contribution in [2.45, 2.75) is 23.6 Å². The van der Waals surface area contributed by atoms with Crippen LogP contribution in [0, 0.1) is 0 Å². The minimum Gasteiger partial charge on any atom is -0.486 e. The van der Waals surface area contributed by atoms with Gasteiger partial charge in [0.2, 0.25) is 5.16 Å². The van der Waals surface area contributed by atoms with E-state index >= 15 is 0 Å². The number of rotatable bonds is 6. The second-order valence-corrected chi connectivity index (χ2v) is 8.46. The molecule has 0 bridgehead atoms. The molecule has 1 aromatic heterocycles. The fourth-order valence-electron chi connectivity index (χ4n) is 2.59. The standard InChI is InChI=1S/C19H17ClN4OS2/c1-2-26-16-9-7-15(8-10-16)25-11-18-21-22-19-24(18)23-17(12-27-19)13-3-5-14(20)6-4-13/h3-10H,2,11-12H2,1H3. The number of aromatic nitrogens is 3. The summed E-state index contributed by atoms with van der Waals surface area (Å²) in [5, 5.41) is 14.7. The van der Waals surface area contributed by atoms with Crippen LogP contribution in [-0.2, 0) is 6.61 Å². The van der Waals surface area contributed by atoms with Crippen molar-refractivity contribution in [2.24, 2.45) is 5.10 Å². The lowest BCUT2D eigenvalue weighted by atomic mass is 10.1. The van der Waals surface area contributed by atoms with Gasteiger partial charge in [-0.3, -0.25) is 0 Å². The van der Waals surface area contributed by atoms with Gasteiger partial charge in [0, 0.05) is 15.7 Å². The molecule has 0 aliphatic carbocycles. The number of thioether (sulfide) groups is 2. The maximum absolute atomic E-state index is 5.98. The number of fused-ring (bicyclic) bond motifs is 1. The lowest BCUT2D eigenvalue weighted by Gasteiger charge is -2.14. The van der Waals surface area contributed by atoms with Crippen LogP contribution in [0.15, 0.2) is 63.7 Å². The number of hydrogen-bond donors (Lipinski definition) is 0. The summed E-state index contributed by atoms with van der Waals surface area (Å²) in [4.78, 5) is 1.23. The predicted molar refractivity (Wildman–Crippen MR) is 111 cm³/mol. The highest BCUT2D eigenvalue weighted by atomic mass is 35.5. The van der Waals surface area contributed by atoms with Gasteiger partial charge in [0.15, 0.2) is 5.82 Å². The first-order chi connectivity index (χ1) is 13.2. The average molecular weight is 417 g/mol. The van der Waals surface area contributed by atoms with E-state index in [1.807, 2.05) is 36.4 Å². The molecule has 5 nitrogen and oxygen atoms in total. The summed E-state index contributed by atoms with van der Waals surface area (Å²) in [5.41, 5.74) is 2.01. The molecule has 2 heterocycles. The van der Waals surface area contributed by atoms with Gasteiger partial charge in [-0.25, -0.2) is 0 Å². The van der Waals surface area contributed by atoms with Crippen LogP contribution in [0.1, 0.15) is 18.3 Å². The normalized spacial score (nSPS) is 13.2. The molecule has 0 spiro atoms. The topological polar surface area (TPSA) is 52.3 Å². The Kier molecular flexibility index (Phi) is 5.71. The lowest BCUT2D eigenvalue weighted by Crippen LogP contribution is -2.15. The fourth-order valence-corrected chi connectivity index (χ4v) is 4.23. The Labute approximate surface area is 171 Å². The van der Waals surface area contributed by atoms with Crippen molar-refractivity contribution in [3.8, 4) is 5.75 Å². The number of ether oxygens (including phenoxy) is 1. The summed E-state index contributed by atoms with van der Waals surface area (Å²) in [6.07, 6.45) is 0. The Morgan fingerprint density at radius 3 is 2.63 bits per heavy atom. The molecule has 1 aliphatic heterocycles. The molecule has 3 aromatic rings. The maximum atomic E-state index is 5.98. The summed E-state index contributed by atoms with van der Waals surface area (Å²) in [6.45, 7) is 2.45. The van der Waals surface area contributed by atoms with Crippen molar-refractivity contribution in [1.29, 1.82) is 0 Å². The van der Waals surface area contributed by atoms with Crippen molar-refractivity contribution in [2.75, 3.05) is 11.5 Å². The van der Waals surface area contributed by atoms with Crippen LogP contribution in [0.25, 0.3) is 0 Å². The molecule has 138 valence electrons. The number of halogens is 1. The van der Waals surface area contributed by atoms with Crippen LogP contribution in [0.5, 0.6) is 5.75 Å². The predicted octanol–water partition coefficient (Wildman–Crippen LogP) is 4.98. The highest BCUT2D eigenvalue weighted by molar-refractivity contribution is 8.00. The minimum absolute atomic E-state index is 0.311. The third-order valence-electron chi connectivity index (χ3n) is 3.92. The number of hydrogen-bond acceptors (Lipinski definition) is 6. The van der Waals surface area contributed by atoms with Crippen molar-refractivity contribution in [3.05, 3.63) is 64.9 Å². The molecule has 0 saturated carbocycles. The smallest absolute Gasteiger partial charge is 0.212 e. The first-order valence-electron chi connectivity index (χ1n) is 8.49. The van der Waals surface area contributed by atoms with Crippen molar-refractivity contribution in [3.63, 3.8) is 0 Å². The van der Waals surface area contributed by atoms with Gasteiger partial charge in [0.05, 0.1) is 5.71 Å². The van der Waals surface area contributed by atoms with E-state index in [9.17, 15) is 0 Å². The van der Waals surface area contributed by atoms with Gasteiger partial charge in [-0.2, -0.15) is 9.78 Å². The molecular formula is C19H17ClN4OS2. The Morgan fingerprint density at radius 1 is 1.11 bits per heavy atom. The molecule has 4 rings (SSSR count). The molecule has 8 heteroatoms. The highest BCUT2D eigenvalue weighted by Crippen LogP contribution is 2.26. The number of nitrogens with zero attached hydrogens (tertiary/aromatic N) is 4. The highest BCUT2D eigenvalue weighted by Gasteiger charge is 2.20. The van der Waals surface area contributed by atoms with E-state index < -0.39 is 0 Å². The zero-order valence-corrected chi connectivity index (χ0v) is 17.0. The van der Waals surface area contributed by atoms with Crippen LogP contribution in [0.4, 0.5) is 0 Å². The van der Waals surface area contributed by atoms with E-state index in [1.54, 1.807) is 28.2 Å². The van der Waals surface area contributed by atoms with E-state index in [2.05, 4.69) is 29.3 Å². The quantitative estimate of drug-likeness (QED) is 0.530. The summed E-state index contributed by atoms with van der Waals surface area (Å²) in [7, 11) is 0. The van der Waals surface area contributed by atoms with Crippen LogP contribution >= 0.6 is 35.1 Å². The Bertz CT molecular complexity index is 955. The summed E-state index contributed by atoms with van der Waals surface area (Å²) in [5.74, 6) is 3.28. The summed E-state index contributed by atoms with van der Waals surface area (Å²) in [6, 6.07) is 15.8. The molecule has 2 aromatic carbocycles. The van der Waals surface area contributed by atoms with Gasteiger partial charge >= 0.3 is 0 Å². The van der Waals surface area contributed by atoms with Crippen LogP contribution in [0.3, 0.4) is 0 Å². The van der Waals surface area contributed by atoms with Gasteiger partial charge < -0.3 is 4.74 Å². The van der Waals surface area contributed by atoms with Gasteiger partial charge in [-0.05, 0) is 47.7 Å². The molecule has 0 amide bonds. The maximum Gasteiger partial charge on any atom is 0.212 e. The van der Waals surface area contributed by atoms with Crippen molar-refractivity contribution >= 4 is 40.8 Å². The first-order valence-corrected chi connectivity index (χ1v) is 10.8. The zero-order valence-electron chi connectivity index (χ0n) is 14.6. The molecule has 0 radical (unpaired) electrons. The average Bonchev–Trinajstić information content (AvgIpc) is 3.10. The summed E-state index contributed by atoms with van der Waals surface area (Å²) >= 11 is 9.40. The molecule has 0 N–H and O–H groups in total. The van der Waals surface area contributed by atoms with Crippen LogP contribution in [0.2, 0.25) is 5.02 Å². The number of benzene rings is 2. The Balaban J connectivity index is 1.50.